The molecule has 4 N–H and O–H groups in total. The fourth-order valence-electron chi connectivity index (χ4n) is 5.38. The maximum Gasteiger partial charge on any atom is 0.329 e. The molecule has 0 aromatic heterocycles. The summed E-state index contributed by atoms with van der Waals surface area (Å²) in [6.45, 7) is 4.12. The minimum absolute atomic E-state index is 0.0924. The average molecular weight is 588 g/mol. The van der Waals surface area contributed by atoms with Gasteiger partial charge < -0.3 is 21.1 Å². The molecule has 1 aliphatic carbocycles. The molecule has 0 spiro atoms. The van der Waals surface area contributed by atoms with E-state index in [4.69, 9.17) is 10.5 Å². The molecule has 3 atom stereocenters. The van der Waals surface area contributed by atoms with Crippen molar-refractivity contribution in [3.05, 3.63) is 95.6 Å². The maximum absolute atomic E-state index is 13.6. The van der Waals surface area contributed by atoms with E-state index in [1.807, 2.05) is 74.7 Å². The summed E-state index contributed by atoms with van der Waals surface area (Å²) >= 11 is 1.61. The van der Waals surface area contributed by atoms with Crippen LogP contribution in [0.1, 0.15) is 49.3 Å². The number of benzene rings is 3. The largest absolute Gasteiger partial charge is 0.463 e. The number of fused-ring (bicyclic) bond motifs is 3. The molecule has 1 aliphatic rings. The van der Waals surface area contributed by atoms with Crippen LogP contribution in [0.25, 0.3) is 11.1 Å². The fraction of sp³-hybridized carbons (Fsp3) is 0.382. The summed E-state index contributed by atoms with van der Waals surface area (Å²) in [6, 6.07) is 23.4. The molecule has 0 fully saturated rings. The van der Waals surface area contributed by atoms with Crippen LogP contribution < -0.4 is 16.4 Å². The predicted octanol–water partition coefficient (Wildman–Crippen LogP) is 4.68. The third-order valence-corrected chi connectivity index (χ3v) is 8.19. The van der Waals surface area contributed by atoms with Crippen LogP contribution in [0.5, 0.6) is 0 Å². The Bertz CT molecular complexity index is 1320. The summed E-state index contributed by atoms with van der Waals surface area (Å²) in [5.41, 5.74) is 11.5. The highest BCUT2D eigenvalue weighted by molar-refractivity contribution is 7.98. The lowest BCUT2D eigenvalue weighted by Gasteiger charge is -2.25. The van der Waals surface area contributed by atoms with E-state index in [0.29, 0.717) is 12.8 Å². The zero-order chi connectivity index (χ0) is 30.1. The van der Waals surface area contributed by atoms with Crippen LogP contribution in [0.15, 0.2) is 78.9 Å². The van der Waals surface area contributed by atoms with Gasteiger partial charge in [0.05, 0.1) is 6.04 Å². The number of esters is 1. The van der Waals surface area contributed by atoms with E-state index >= 15 is 0 Å². The summed E-state index contributed by atoms with van der Waals surface area (Å²) < 4.78 is 5.94. The van der Waals surface area contributed by atoms with Crippen molar-refractivity contribution in [1.29, 1.82) is 0 Å². The van der Waals surface area contributed by atoms with Crippen LogP contribution in [0.3, 0.4) is 0 Å². The van der Waals surface area contributed by atoms with Gasteiger partial charge in [0.1, 0.15) is 18.7 Å². The molecule has 2 amide bonds. The Hall–Kier alpha value is -3.62. The van der Waals surface area contributed by atoms with E-state index in [0.717, 1.165) is 33.6 Å². The Morgan fingerprint density at radius 1 is 0.833 bits per heavy atom. The third kappa shape index (κ3) is 8.01. The molecule has 0 saturated carbocycles. The van der Waals surface area contributed by atoms with Gasteiger partial charge in [-0.05, 0) is 58.6 Å². The predicted molar refractivity (Wildman–Crippen MR) is 169 cm³/mol. The van der Waals surface area contributed by atoms with Crippen LogP contribution in [0, 0.1) is 5.92 Å². The van der Waals surface area contributed by atoms with Gasteiger partial charge in [-0.3, -0.25) is 9.59 Å². The van der Waals surface area contributed by atoms with Crippen molar-refractivity contribution < 1.29 is 19.1 Å². The summed E-state index contributed by atoms with van der Waals surface area (Å²) in [6.07, 6.45) is 3.14. The molecule has 4 rings (SSSR count). The lowest BCUT2D eigenvalue weighted by Crippen LogP contribution is -2.55. The quantitative estimate of drug-likeness (QED) is 0.236. The molecular formula is C34H41N3O4S. The number of amides is 2. The topological polar surface area (TPSA) is 111 Å². The molecule has 42 heavy (non-hydrogen) atoms. The van der Waals surface area contributed by atoms with Gasteiger partial charge in [-0.25, -0.2) is 4.79 Å². The van der Waals surface area contributed by atoms with Crippen LogP contribution in [0.4, 0.5) is 0 Å². The van der Waals surface area contributed by atoms with Gasteiger partial charge >= 0.3 is 5.97 Å². The maximum atomic E-state index is 13.6. The van der Waals surface area contributed by atoms with E-state index < -0.39 is 30.0 Å². The Morgan fingerprint density at radius 2 is 1.40 bits per heavy atom. The summed E-state index contributed by atoms with van der Waals surface area (Å²) in [4.78, 5) is 40.0. The summed E-state index contributed by atoms with van der Waals surface area (Å²) in [5.74, 6) is -0.526. The molecule has 0 radical (unpaired) electrons. The van der Waals surface area contributed by atoms with Crippen molar-refractivity contribution in [2.75, 3.05) is 18.6 Å². The Labute approximate surface area is 253 Å². The standard InChI is InChI=1S/C34H41N3O4S/c1-22(2)19-30(36-32(38)29(35)17-18-42-3)33(39)37-31(20-23-11-5-4-6-12-23)34(40)41-21-28-26-15-9-7-13-24(26)25-14-8-10-16-27(25)28/h4-16,22,28-31H,17-21,35H2,1-3H3,(H,36,38)(H,37,39)/t29-,30-,31+/m1/s1. The van der Waals surface area contributed by atoms with Crippen molar-refractivity contribution >= 4 is 29.5 Å². The third-order valence-electron chi connectivity index (χ3n) is 7.55. The second-order valence-corrected chi connectivity index (χ2v) is 12.2. The van der Waals surface area contributed by atoms with Crippen LogP contribution in [-0.2, 0) is 25.5 Å². The number of carbonyl (C=O) groups excluding carboxylic acids is 3. The highest BCUT2D eigenvalue weighted by Crippen LogP contribution is 2.44. The monoisotopic (exact) mass is 587 g/mol. The number of thioether (sulfide) groups is 1. The van der Waals surface area contributed by atoms with Crippen molar-refractivity contribution in [2.24, 2.45) is 11.7 Å². The lowest BCUT2D eigenvalue weighted by molar-refractivity contribution is -0.148. The first-order valence-corrected chi connectivity index (χ1v) is 15.9. The van der Waals surface area contributed by atoms with Gasteiger partial charge in [-0.2, -0.15) is 11.8 Å². The Balaban J connectivity index is 1.50. The molecule has 0 aliphatic heterocycles. The second-order valence-electron chi connectivity index (χ2n) is 11.2. The number of carbonyl (C=O) groups is 3. The van der Waals surface area contributed by atoms with Crippen molar-refractivity contribution in [1.82, 2.24) is 10.6 Å². The van der Waals surface area contributed by atoms with Crippen LogP contribution >= 0.6 is 11.8 Å². The Kier molecular flexibility index (Phi) is 11.2. The summed E-state index contributed by atoms with van der Waals surface area (Å²) in [7, 11) is 0. The smallest absolute Gasteiger partial charge is 0.329 e. The lowest BCUT2D eigenvalue weighted by atomic mass is 9.98. The number of nitrogens with one attached hydrogen (secondary N) is 2. The van der Waals surface area contributed by atoms with Gasteiger partial charge in [-0.1, -0.05) is 92.7 Å². The first-order valence-electron chi connectivity index (χ1n) is 14.5. The molecule has 0 bridgehead atoms. The van der Waals surface area contributed by atoms with Gasteiger partial charge in [0, 0.05) is 12.3 Å². The molecule has 8 heteroatoms. The van der Waals surface area contributed by atoms with Crippen molar-refractivity contribution in [2.45, 2.75) is 57.2 Å². The van der Waals surface area contributed by atoms with E-state index in [1.165, 1.54) is 0 Å². The zero-order valence-electron chi connectivity index (χ0n) is 24.5. The van der Waals surface area contributed by atoms with E-state index in [-0.39, 0.29) is 30.8 Å². The zero-order valence-corrected chi connectivity index (χ0v) is 25.4. The number of hydrogen-bond acceptors (Lipinski definition) is 6. The average Bonchev–Trinajstić information content (AvgIpc) is 3.31. The summed E-state index contributed by atoms with van der Waals surface area (Å²) in [5, 5.41) is 5.73. The first kappa shape index (κ1) is 31.3. The number of ether oxygens (including phenoxy) is 1. The SMILES string of the molecule is CSCC[C@@H](N)C(=O)N[C@H](CC(C)C)C(=O)N[C@@H](Cc1ccccc1)C(=O)OCC1c2ccccc2-c2ccccc21. The second kappa shape index (κ2) is 15.0. The normalized spacial score (nSPS) is 14.4. The molecule has 0 heterocycles. The number of hydrogen-bond donors (Lipinski definition) is 3. The van der Waals surface area contributed by atoms with E-state index in [2.05, 4.69) is 34.9 Å². The molecule has 222 valence electrons. The first-order chi connectivity index (χ1) is 20.3. The molecule has 7 nitrogen and oxygen atoms in total. The Morgan fingerprint density at radius 3 is 2.00 bits per heavy atom. The van der Waals surface area contributed by atoms with Gasteiger partial charge in [0.2, 0.25) is 11.8 Å². The number of rotatable bonds is 14. The van der Waals surface area contributed by atoms with E-state index in [9.17, 15) is 14.4 Å². The fourth-order valence-corrected chi connectivity index (χ4v) is 5.87. The van der Waals surface area contributed by atoms with Crippen LogP contribution in [0.2, 0.25) is 0 Å². The number of nitrogens with two attached hydrogens (primary N) is 1. The minimum atomic E-state index is -0.927. The van der Waals surface area contributed by atoms with Crippen molar-refractivity contribution in [3.63, 3.8) is 0 Å². The molecule has 0 unspecified atom stereocenters. The van der Waals surface area contributed by atoms with Crippen LogP contribution in [-0.4, -0.2) is 54.5 Å². The molecular weight excluding hydrogens is 546 g/mol. The van der Waals surface area contributed by atoms with Gasteiger partial charge in [0.25, 0.3) is 0 Å². The van der Waals surface area contributed by atoms with Crippen molar-refractivity contribution in [3.8, 4) is 11.1 Å². The van der Waals surface area contributed by atoms with Gasteiger partial charge in [0.15, 0.2) is 0 Å². The minimum Gasteiger partial charge on any atom is -0.463 e. The van der Waals surface area contributed by atoms with E-state index in [1.54, 1.807) is 11.8 Å². The molecule has 0 saturated heterocycles. The highest BCUT2D eigenvalue weighted by atomic mass is 32.2. The highest BCUT2D eigenvalue weighted by Gasteiger charge is 2.32. The van der Waals surface area contributed by atoms with Gasteiger partial charge in [-0.15, -0.1) is 0 Å². The molecule has 3 aromatic carbocycles. The molecule has 3 aromatic rings.